The lowest BCUT2D eigenvalue weighted by atomic mass is 9.91. The molecule has 0 aliphatic heterocycles. The molecule has 0 unspecified atom stereocenters. The molecule has 0 aromatic carbocycles. The van der Waals surface area contributed by atoms with Crippen LogP contribution in [-0.2, 0) is 17.8 Å². The summed E-state index contributed by atoms with van der Waals surface area (Å²) in [6.45, 7) is 13.2. The summed E-state index contributed by atoms with van der Waals surface area (Å²) in [6, 6.07) is 0. The van der Waals surface area contributed by atoms with Crippen molar-refractivity contribution < 1.29 is 4.79 Å². The lowest BCUT2D eigenvalue weighted by Gasteiger charge is -2.15. The van der Waals surface area contributed by atoms with Crippen molar-refractivity contribution in [2.24, 2.45) is 5.41 Å². The fourth-order valence-electron chi connectivity index (χ4n) is 1.69. The highest BCUT2D eigenvalue weighted by molar-refractivity contribution is 5.77. The summed E-state index contributed by atoms with van der Waals surface area (Å²) in [5, 5.41) is 8.23. The van der Waals surface area contributed by atoms with E-state index < -0.39 is 0 Å². The SMILES string of the molecule is CC.CCC(=O)CCCn1cc(CC(C)(C)C)nn1. The summed E-state index contributed by atoms with van der Waals surface area (Å²) in [5.41, 5.74) is 1.26. The van der Waals surface area contributed by atoms with E-state index in [-0.39, 0.29) is 5.41 Å². The Bertz CT molecular complexity index is 364. The Balaban J connectivity index is 0.00000154. The molecule has 0 N–H and O–H groups in total. The molecule has 1 aromatic rings. The molecule has 110 valence electrons. The summed E-state index contributed by atoms with van der Waals surface area (Å²) in [4.78, 5) is 11.1. The molecule has 0 aliphatic rings. The normalized spacial score (nSPS) is 10.8. The number of hydrogen-bond acceptors (Lipinski definition) is 3. The number of Topliss-reactive ketones (excluding diaryl/α,β-unsaturated/α-hetero) is 1. The van der Waals surface area contributed by atoms with E-state index >= 15 is 0 Å². The number of hydrogen-bond donors (Lipinski definition) is 0. The summed E-state index contributed by atoms with van der Waals surface area (Å²) >= 11 is 0. The van der Waals surface area contributed by atoms with Gasteiger partial charge in [0.1, 0.15) is 5.78 Å². The maximum absolute atomic E-state index is 11.1. The predicted molar refractivity (Wildman–Crippen MR) is 79.1 cm³/mol. The van der Waals surface area contributed by atoms with Gasteiger partial charge in [0.15, 0.2) is 0 Å². The largest absolute Gasteiger partial charge is 0.300 e. The summed E-state index contributed by atoms with van der Waals surface area (Å²) in [5.74, 6) is 0.319. The third kappa shape index (κ3) is 8.51. The number of aromatic nitrogens is 3. The molecular formula is C15H29N3O. The van der Waals surface area contributed by atoms with E-state index in [0.717, 1.165) is 25.1 Å². The van der Waals surface area contributed by atoms with Gasteiger partial charge in [-0.25, -0.2) is 0 Å². The standard InChI is InChI=1S/C13H23N3O.C2H6/c1-5-12(17)7-6-8-16-10-11(14-15-16)9-13(2,3)4;1-2/h10H,5-9H2,1-4H3;1-2H3. The minimum Gasteiger partial charge on any atom is -0.300 e. The second-order valence-corrected chi connectivity index (χ2v) is 5.71. The van der Waals surface area contributed by atoms with Gasteiger partial charge < -0.3 is 0 Å². The van der Waals surface area contributed by atoms with E-state index in [4.69, 9.17) is 0 Å². The van der Waals surface area contributed by atoms with E-state index in [0.29, 0.717) is 18.6 Å². The fourth-order valence-corrected chi connectivity index (χ4v) is 1.69. The van der Waals surface area contributed by atoms with Crippen molar-refractivity contribution in [3.05, 3.63) is 11.9 Å². The van der Waals surface area contributed by atoms with Crippen LogP contribution >= 0.6 is 0 Å². The van der Waals surface area contributed by atoms with E-state index in [9.17, 15) is 4.79 Å². The van der Waals surface area contributed by atoms with Gasteiger partial charge in [-0.1, -0.05) is 46.8 Å². The highest BCUT2D eigenvalue weighted by Crippen LogP contribution is 2.18. The van der Waals surface area contributed by atoms with Crippen LogP contribution in [0.1, 0.15) is 66.5 Å². The van der Waals surface area contributed by atoms with E-state index in [1.54, 1.807) is 0 Å². The van der Waals surface area contributed by atoms with Crippen LogP contribution in [0.2, 0.25) is 0 Å². The van der Waals surface area contributed by atoms with Crippen LogP contribution in [0, 0.1) is 5.41 Å². The molecule has 0 fully saturated rings. The maximum atomic E-state index is 11.1. The Morgan fingerprint density at radius 2 is 1.95 bits per heavy atom. The lowest BCUT2D eigenvalue weighted by molar-refractivity contribution is -0.118. The van der Waals surface area contributed by atoms with Crippen molar-refractivity contribution in [1.82, 2.24) is 15.0 Å². The van der Waals surface area contributed by atoms with E-state index in [1.807, 2.05) is 31.6 Å². The molecule has 0 atom stereocenters. The van der Waals surface area contributed by atoms with Crippen LogP contribution in [0.25, 0.3) is 0 Å². The monoisotopic (exact) mass is 267 g/mol. The van der Waals surface area contributed by atoms with Gasteiger partial charge in [0.05, 0.1) is 5.69 Å². The zero-order chi connectivity index (χ0) is 14.9. The molecule has 1 heterocycles. The van der Waals surface area contributed by atoms with Crippen molar-refractivity contribution >= 4 is 5.78 Å². The fraction of sp³-hybridized carbons (Fsp3) is 0.800. The molecule has 4 heteroatoms. The van der Waals surface area contributed by atoms with Crippen LogP contribution in [0.4, 0.5) is 0 Å². The van der Waals surface area contributed by atoms with Crippen LogP contribution in [0.15, 0.2) is 6.20 Å². The summed E-state index contributed by atoms with van der Waals surface area (Å²) in [6.07, 6.45) is 5.05. The highest BCUT2D eigenvalue weighted by atomic mass is 16.1. The predicted octanol–water partition coefficient (Wildman–Crippen LogP) is 3.65. The second kappa shape index (κ2) is 8.83. The molecule has 0 aliphatic carbocycles. The quantitative estimate of drug-likeness (QED) is 0.790. The molecule has 0 bridgehead atoms. The van der Waals surface area contributed by atoms with Crippen molar-refractivity contribution in [3.63, 3.8) is 0 Å². The zero-order valence-corrected chi connectivity index (χ0v) is 13.4. The third-order valence-electron chi connectivity index (χ3n) is 2.53. The first kappa shape index (κ1) is 17.8. The Morgan fingerprint density at radius 1 is 1.32 bits per heavy atom. The smallest absolute Gasteiger partial charge is 0.132 e. The Morgan fingerprint density at radius 3 is 2.47 bits per heavy atom. The lowest BCUT2D eigenvalue weighted by Crippen LogP contribution is -2.09. The number of rotatable bonds is 6. The van der Waals surface area contributed by atoms with Gasteiger partial charge in [0.2, 0.25) is 0 Å². The minimum atomic E-state index is 0.235. The Kier molecular flexibility index (Phi) is 8.28. The molecule has 1 aromatic heterocycles. The first-order valence-electron chi connectivity index (χ1n) is 7.31. The van der Waals surface area contributed by atoms with Gasteiger partial charge in [-0.3, -0.25) is 9.48 Å². The van der Waals surface area contributed by atoms with Crippen LogP contribution < -0.4 is 0 Å². The summed E-state index contributed by atoms with van der Waals surface area (Å²) < 4.78 is 1.84. The van der Waals surface area contributed by atoms with Crippen molar-refractivity contribution in [1.29, 1.82) is 0 Å². The Labute approximate surface area is 117 Å². The highest BCUT2D eigenvalue weighted by Gasteiger charge is 2.13. The van der Waals surface area contributed by atoms with Crippen molar-refractivity contribution in [3.8, 4) is 0 Å². The molecule has 0 saturated heterocycles. The van der Waals surface area contributed by atoms with Gasteiger partial charge in [0.25, 0.3) is 0 Å². The number of aryl methyl sites for hydroxylation is 1. The minimum absolute atomic E-state index is 0.235. The first-order valence-corrected chi connectivity index (χ1v) is 7.31. The van der Waals surface area contributed by atoms with Gasteiger partial charge in [-0.15, -0.1) is 5.10 Å². The second-order valence-electron chi connectivity index (χ2n) is 5.71. The Hall–Kier alpha value is -1.19. The van der Waals surface area contributed by atoms with Gasteiger partial charge in [-0.2, -0.15) is 0 Å². The van der Waals surface area contributed by atoms with Crippen LogP contribution in [-0.4, -0.2) is 20.8 Å². The number of nitrogens with zero attached hydrogens (tertiary/aromatic N) is 3. The third-order valence-corrected chi connectivity index (χ3v) is 2.53. The van der Waals surface area contributed by atoms with E-state index in [1.165, 1.54) is 0 Å². The average molecular weight is 267 g/mol. The summed E-state index contributed by atoms with van der Waals surface area (Å²) in [7, 11) is 0. The molecule has 0 spiro atoms. The van der Waals surface area contributed by atoms with Crippen molar-refractivity contribution in [2.45, 2.75) is 73.8 Å². The maximum Gasteiger partial charge on any atom is 0.132 e. The number of carbonyl (C=O) groups is 1. The molecule has 19 heavy (non-hydrogen) atoms. The molecule has 0 amide bonds. The molecule has 0 saturated carbocycles. The first-order chi connectivity index (χ1) is 8.90. The molecule has 0 radical (unpaired) electrons. The zero-order valence-electron chi connectivity index (χ0n) is 13.4. The molecule has 1 rings (SSSR count). The topological polar surface area (TPSA) is 47.8 Å². The van der Waals surface area contributed by atoms with Gasteiger partial charge >= 0.3 is 0 Å². The van der Waals surface area contributed by atoms with Crippen molar-refractivity contribution in [2.75, 3.05) is 0 Å². The van der Waals surface area contributed by atoms with Gasteiger partial charge in [-0.05, 0) is 18.3 Å². The van der Waals surface area contributed by atoms with Crippen LogP contribution in [0.3, 0.4) is 0 Å². The molecule has 4 nitrogen and oxygen atoms in total. The molecular weight excluding hydrogens is 238 g/mol. The van der Waals surface area contributed by atoms with E-state index in [2.05, 4.69) is 31.1 Å². The number of ketones is 1. The van der Waals surface area contributed by atoms with Crippen LogP contribution in [0.5, 0.6) is 0 Å². The van der Waals surface area contributed by atoms with Gasteiger partial charge in [0, 0.05) is 25.6 Å². The average Bonchev–Trinajstić information content (AvgIpc) is 2.76. The number of carbonyl (C=O) groups excluding carboxylic acids is 1.